The molecule has 0 spiro atoms. The predicted molar refractivity (Wildman–Crippen MR) is 55.4 cm³/mol. The molecular weight excluding hydrogens is 325 g/mol. The molecule has 1 heteroatoms. The van der Waals surface area contributed by atoms with Crippen LogP contribution in [0.4, 0.5) is 0 Å². The summed E-state index contributed by atoms with van der Waals surface area (Å²) in [5, 5.41) is 5.08. The van der Waals surface area contributed by atoms with E-state index in [1.807, 2.05) is 0 Å². The number of hydrogen-bond acceptors (Lipinski definition) is 0. The molecule has 0 radical (unpaired) electrons. The number of rotatable bonds is 2. The van der Waals surface area contributed by atoms with Crippen LogP contribution in [0.15, 0.2) is 44.0 Å². The Morgan fingerprint density at radius 3 is 1.69 bits per heavy atom. The third-order valence-electron chi connectivity index (χ3n) is 2.94. The first-order valence-electron chi connectivity index (χ1n) is 4.78. The van der Waals surface area contributed by atoms with Crippen molar-refractivity contribution in [3.63, 3.8) is 0 Å². The van der Waals surface area contributed by atoms with E-state index in [4.69, 9.17) is 0 Å². The Bertz CT molecular complexity index is 295. The van der Waals surface area contributed by atoms with E-state index in [9.17, 15) is 0 Å². The molecule has 0 unspecified atom stereocenters. The molecule has 0 atom stereocenters. The van der Waals surface area contributed by atoms with Crippen molar-refractivity contribution in [1.29, 1.82) is 0 Å². The van der Waals surface area contributed by atoms with Crippen molar-refractivity contribution < 1.29 is 17.1 Å². The Morgan fingerprint density at radius 2 is 1.38 bits per heavy atom. The Balaban J connectivity index is 2.20. The zero-order chi connectivity index (χ0) is 9.31. The van der Waals surface area contributed by atoms with Crippen molar-refractivity contribution >= 4 is 0 Å². The molecule has 0 fully saturated rings. The topological polar surface area (TPSA) is 0 Å². The van der Waals surface area contributed by atoms with Gasteiger partial charge in [0.25, 0.3) is 0 Å². The molecule has 0 aromatic heterocycles. The first-order valence-corrected chi connectivity index (χ1v) is 14.4. The molecule has 0 heterocycles. The van der Waals surface area contributed by atoms with E-state index in [1.54, 1.807) is 7.58 Å². The van der Waals surface area contributed by atoms with Crippen molar-refractivity contribution in [3.05, 3.63) is 44.0 Å². The summed E-state index contributed by atoms with van der Waals surface area (Å²) in [4.78, 5) is 0. The number of allylic oxidation sites excluding steroid dienone is 8. The number of hydrogen-bond donors (Lipinski definition) is 0. The van der Waals surface area contributed by atoms with Gasteiger partial charge in [-0.15, -0.1) is 0 Å². The molecule has 2 rings (SSSR count). The summed E-state index contributed by atoms with van der Waals surface area (Å²) >= 11 is -2.06. The average Bonchev–Trinajstić information content (AvgIpc) is 2.78. The van der Waals surface area contributed by atoms with Crippen LogP contribution in [0.25, 0.3) is 0 Å². The van der Waals surface area contributed by atoms with Crippen molar-refractivity contribution in [2.75, 3.05) is 0 Å². The predicted octanol–water partition coefficient (Wildman–Crippen LogP) is 3.92. The summed E-state index contributed by atoms with van der Waals surface area (Å²) in [5.41, 5.74) is 0. The Labute approximate surface area is 84.2 Å². The van der Waals surface area contributed by atoms with E-state index in [0.29, 0.717) is 0 Å². The Morgan fingerprint density at radius 1 is 0.923 bits per heavy atom. The third-order valence-corrected chi connectivity index (χ3v) is 15.6. The molecule has 0 aromatic rings. The van der Waals surface area contributed by atoms with E-state index < -0.39 is 17.1 Å². The van der Waals surface area contributed by atoms with Crippen LogP contribution in [-0.2, 0) is 17.1 Å². The SMILES string of the molecule is [CH3][Ta]([CH3])([C]1=CC=CC1)[C]1=CC=CC1. The fourth-order valence-electron chi connectivity index (χ4n) is 1.89. The van der Waals surface area contributed by atoms with Crippen molar-refractivity contribution in [1.82, 2.24) is 0 Å². The molecule has 13 heavy (non-hydrogen) atoms. The van der Waals surface area contributed by atoms with Crippen LogP contribution >= 0.6 is 0 Å². The molecule has 0 bridgehead atoms. The van der Waals surface area contributed by atoms with Crippen molar-refractivity contribution in [3.8, 4) is 0 Å². The molecule has 0 aromatic carbocycles. The monoisotopic (exact) mass is 341 g/mol. The van der Waals surface area contributed by atoms with Gasteiger partial charge in [0.1, 0.15) is 0 Å². The molecule has 0 amide bonds. The quantitative estimate of drug-likeness (QED) is 0.714. The molecule has 69 valence electrons. The Hall–Kier alpha value is -0.300. The van der Waals surface area contributed by atoms with Crippen LogP contribution in [0.3, 0.4) is 0 Å². The van der Waals surface area contributed by atoms with Crippen LogP contribution in [0.5, 0.6) is 0 Å². The zero-order valence-electron chi connectivity index (χ0n) is 8.33. The minimum atomic E-state index is -2.06. The first kappa shape index (κ1) is 9.26. The van der Waals surface area contributed by atoms with Crippen LogP contribution < -0.4 is 0 Å². The van der Waals surface area contributed by atoms with Crippen LogP contribution in [-0.4, -0.2) is 0 Å². The normalized spacial score (nSPS) is 20.8. The minimum absolute atomic E-state index is 1.22. The van der Waals surface area contributed by atoms with Gasteiger partial charge in [0.2, 0.25) is 0 Å². The van der Waals surface area contributed by atoms with Crippen LogP contribution in [0.2, 0.25) is 10.3 Å². The van der Waals surface area contributed by atoms with Gasteiger partial charge in [-0.3, -0.25) is 0 Å². The summed E-state index contributed by atoms with van der Waals surface area (Å²) in [6.45, 7) is 0. The third kappa shape index (κ3) is 1.67. The van der Waals surface area contributed by atoms with Gasteiger partial charge < -0.3 is 0 Å². The first-order chi connectivity index (χ1) is 6.21. The molecular formula is C12H16Ta. The van der Waals surface area contributed by atoms with Gasteiger partial charge >= 0.3 is 84.3 Å². The molecule has 2 aliphatic rings. The average molecular weight is 341 g/mol. The molecule has 0 saturated heterocycles. The van der Waals surface area contributed by atoms with Crippen molar-refractivity contribution in [2.24, 2.45) is 0 Å². The second-order valence-electron chi connectivity index (χ2n) is 4.03. The van der Waals surface area contributed by atoms with Gasteiger partial charge in [-0.1, -0.05) is 0 Å². The van der Waals surface area contributed by atoms with Gasteiger partial charge in [-0.05, 0) is 0 Å². The zero-order valence-corrected chi connectivity index (χ0v) is 11.5. The summed E-state index contributed by atoms with van der Waals surface area (Å²) in [6.07, 6.45) is 16.2. The van der Waals surface area contributed by atoms with Crippen LogP contribution in [0, 0.1) is 0 Å². The van der Waals surface area contributed by atoms with E-state index in [-0.39, 0.29) is 0 Å². The molecule has 2 aliphatic carbocycles. The maximum atomic E-state index is 2.54. The molecule has 0 nitrogen and oxygen atoms in total. The van der Waals surface area contributed by atoms with Gasteiger partial charge in [0.05, 0.1) is 0 Å². The summed E-state index contributed by atoms with van der Waals surface area (Å²) in [7, 11) is 0. The second kappa shape index (κ2) is 3.45. The standard InChI is InChI=1S/2C5H5.2CH3.Ta/c2*1-2-4-5-3-1;;;/h2*1-3H,4H2;2*1H3;. The van der Waals surface area contributed by atoms with E-state index >= 15 is 0 Å². The van der Waals surface area contributed by atoms with Gasteiger partial charge in [0.15, 0.2) is 0 Å². The van der Waals surface area contributed by atoms with E-state index in [0.717, 1.165) is 0 Å². The van der Waals surface area contributed by atoms with E-state index in [1.165, 1.54) is 12.8 Å². The van der Waals surface area contributed by atoms with Gasteiger partial charge in [-0.25, -0.2) is 0 Å². The van der Waals surface area contributed by atoms with E-state index in [2.05, 4.69) is 46.7 Å². The van der Waals surface area contributed by atoms with Crippen LogP contribution in [0.1, 0.15) is 12.8 Å². The summed E-state index contributed by atoms with van der Waals surface area (Å²) in [5.74, 6) is 0. The second-order valence-corrected chi connectivity index (χ2v) is 18.6. The fraction of sp³-hybridized carbons (Fsp3) is 0.333. The molecule has 0 N–H and O–H groups in total. The van der Waals surface area contributed by atoms with Gasteiger partial charge in [-0.2, -0.15) is 0 Å². The van der Waals surface area contributed by atoms with Crippen molar-refractivity contribution in [2.45, 2.75) is 23.1 Å². The summed E-state index contributed by atoms with van der Waals surface area (Å²) < 4.78 is 3.52. The maximum absolute atomic E-state index is 2.54. The van der Waals surface area contributed by atoms with Gasteiger partial charge in [0, 0.05) is 0 Å². The summed E-state index contributed by atoms with van der Waals surface area (Å²) in [6, 6.07) is 0. The fourth-order valence-corrected chi connectivity index (χ4v) is 10.5. The molecule has 0 aliphatic heterocycles. The molecule has 0 saturated carbocycles. The Kier molecular flexibility index (Phi) is 2.46.